The Labute approximate surface area is 180 Å². The largest absolute Gasteiger partial charge is 0.396 e. The molecule has 0 aliphatic heterocycles. The van der Waals surface area contributed by atoms with E-state index in [0.29, 0.717) is 17.5 Å². The van der Waals surface area contributed by atoms with Crippen LogP contribution in [0.3, 0.4) is 0 Å². The molecule has 1 saturated carbocycles. The molecule has 5 rings (SSSR count). The summed E-state index contributed by atoms with van der Waals surface area (Å²) in [6, 6.07) is 10.5. The highest BCUT2D eigenvalue weighted by Crippen LogP contribution is 2.38. The van der Waals surface area contributed by atoms with Crippen molar-refractivity contribution in [2.45, 2.75) is 36.5 Å². The van der Waals surface area contributed by atoms with E-state index >= 15 is 0 Å². The first-order valence-corrected chi connectivity index (χ1v) is 11.9. The number of pyridine rings is 1. The third-order valence-electron chi connectivity index (χ3n) is 6.32. The van der Waals surface area contributed by atoms with Crippen molar-refractivity contribution in [3.05, 3.63) is 66.7 Å². The summed E-state index contributed by atoms with van der Waals surface area (Å²) in [6.45, 7) is 0.245. The minimum atomic E-state index is -3.79. The Morgan fingerprint density at radius 3 is 2.55 bits per heavy atom. The Balaban J connectivity index is 1.64. The predicted molar refractivity (Wildman–Crippen MR) is 118 cm³/mol. The summed E-state index contributed by atoms with van der Waals surface area (Å²) in [5.74, 6) is 0.748. The zero-order chi connectivity index (χ0) is 21.4. The van der Waals surface area contributed by atoms with E-state index in [1.165, 1.54) is 3.97 Å². The summed E-state index contributed by atoms with van der Waals surface area (Å²) in [7, 11) is -3.79. The molecule has 160 valence electrons. The zero-order valence-corrected chi connectivity index (χ0v) is 17.8. The van der Waals surface area contributed by atoms with Gasteiger partial charge < -0.3 is 5.11 Å². The van der Waals surface area contributed by atoms with Crippen LogP contribution in [-0.2, 0) is 10.0 Å². The number of aromatic amines is 1. The van der Waals surface area contributed by atoms with Gasteiger partial charge in [0, 0.05) is 41.7 Å². The normalized spacial score (nSPS) is 19.6. The zero-order valence-electron chi connectivity index (χ0n) is 17.0. The van der Waals surface area contributed by atoms with Crippen molar-refractivity contribution in [2.24, 2.45) is 5.92 Å². The molecule has 0 spiro atoms. The van der Waals surface area contributed by atoms with Gasteiger partial charge in [0.15, 0.2) is 5.65 Å². The third kappa shape index (κ3) is 3.55. The van der Waals surface area contributed by atoms with Gasteiger partial charge in [0.2, 0.25) is 0 Å². The number of aliphatic hydroxyl groups excluding tert-OH is 1. The second-order valence-corrected chi connectivity index (χ2v) is 10.00. The molecule has 0 radical (unpaired) electrons. The molecule has 0 amide bonds. The molecule has 1 fully saturated rings. The smallest absolute Gasteiger partial charge is 0.269 e. The van der Waals surface area contributed by atoms with Gasteiger partial charge >= 0.3 is 0 Å². The van der Waals surface area contributed by atoms with E-state index in [-0.39, 0.29) is 11.5 Å². The van der Waals surface area contributed by atoms with E-state index in [4.69, 9.17) is 0 Å². The number of nitrogens with zero attached hydrogens (tertiary/aromatic N) is 3. The van der Waals surface area contributed by atoms with Crippen LogP contribution in [0.2, 0.25) is 0 Å². The molecule has 3 heterocycles. The number of H-pyrrole nitrogens is 1. The molecule has 0 saturated heterocycles. The predicted octanol–water partition coefficient (Wildman–Crippen LogP) is 3.93. The van der Waals surface area contributed by atoms with E-state index in [1.807, 2.05) is 6.20 Å². The quantitative estimate of drug-likeness (QED) is 0.494. The van der Waals surface area contributed by atoms with Crippen molar-refractivity contribution >= 4 is 21.1 Å². The second-order valence-electron chi connectivity index (χ2n) is 8.18. The van der Waals surface area contributed by atoms with Crippen LogP contribution in [0.1, 0.15) is 37.2 Å². The standard InChI is InChI=1S/C23H24N4O3S/c28-15-16-6-8-17(9-7-16)18-10-21-22(19-12-25-26-13-19)14-27(23(21)24-11-18)31(29,30)20-4-2-1-3-5-20/h1-5,10-14,16-17,28H,6-9,15H2,(H,25,26). The summed E-state index contributed by atoms with van der Waals surface area (Å²) in [5, 5.41) is 17.1. The van der Waals surface area contributed by atoms with Gasteiger partial charge in [0.1, 0.15) is 0 Å². The maximum absolute atomic E-state index is 13.4. The van der Waals surface area contributed by atoms with Crippen molar-refractivity contribution in [1.29, 1.82) is 0 Å². The van der Waals surface area contributed by atoms with Gasteiger partial charge in [0.25, 0.3) is 10.0 Å². The fraction of sp³-hybridized carbons (Fsp3) is 0.304. The summed E-state index contributed by atoms with van der Waals surface area (Å²) >= 11 is 0. The molecule has 1 aliphatic rings. The lowest BCUT2D eigenvalue weighted by Gasteiger charge is -2.27. The Morgan fingerprint density at radius 1 is 1.10 bits per heavy atom. The monoisotopic (exact) mass is 436 g/mol. The second kappa shape index (κ2) is 7.94. The SMILES string of the molecule is O=S(=O)(c1ccccc1)n1cc(-c2cn[nH]c2)c2cc(C3CCC(CO)CC3)cnc21. The molecular formula is C23H24N4O3S. The fourth-order valence-corrected chi connectivity index (χ4v) is 5.86. The number of aliphatic hydroxyl groups is 1. The number of fused-ring (bicyclic) bond motifs is 1. The first kappa shape index (κ1) is 20.0. The molecule has 4 aromatic rings. The maximum Gasteiger partial charge on any atom is 0.269 e. The number of aromatic nitrogens is 4. The Hall–Kier alpha value is -2.97. The third-order valence-corrected chi connectivity index (χ3v) is 7.98. The summed E-state index contributed by atoms with van der Waals surface area (Å²) in [6.07, 6.45) is 10.9. The molecule has 2 N–H and O–H groups in total. The van der Waals surface area contributed by atoms with Crippen LogP contribution < -0.4 is 0 Å². The van der Waals surface area contributed by atoms with Gasteiger partial charge in [-0.05, 0) is 61.3 Å². The van der Waals surface area contributed by atoms with Crippen LogP contribution in [0, 0.1) is 5.92 Å². The molecule has 1 aromatic carbocycles. The molecular weight excluding hydrogens is 412 g/mol. The van der Waals surface area contributed by atoms with Crippen LogP contribution in [0.15, 0.2) is 66.1 Å². The fourth-order valence-electron chi connectivity index (χ4n) is 4.51. The molecule has 0 bridgehead atoms. The lowest BCUT2D eigenvalue weighted by atomic mass is 9.79. The Morgan fingerprint density at radius 2 is 1.87 bits per heavy atom. The van der Waals surface area contributed by atoms with Gasteiger partial charge in [-0.2, -0.15) is 5.10 Å². The van der Waals surface area contributed by atoms with Gasteiger partial charge in [0.05, 0.1) is 11.1 Å². The molecule has 31 heavy (non-hydrogen) atoms. The van der Waals surface area contributed by atoms with Gasteiger partial charge in [-0.3, -0.25) is 5.10 Å². The van der Waals surface area contributed by atoms with Crippen molar-refractivity contribution in [2.75, 3.05) is 6.61 Å². The molecule has 0 unspecified atom stereocenters. The molecule has 0 atom stereocenters. The van der Waals surface area contributed by atoms with Crippen LogP contribution >= 0.6 is 0 Å². The molecule has 3 aromatic heterocycles. The highest BCUT2D eigenvalue weighted by Gasteiger charge is 2.26. The van der Waals surface area contributed by atoms with Crippen molar-refractivity contribution in [1.82, 2.24) is 19.2 Å². The lowest BCUT2D eigenvalue weighted by Crippen LogP contribution is -2.16. The summed E-state index contributed by atoms with van der Waals surface area (Å²) in [5.41, 5.74) is 3.12. The minimum Gasteiger partial charge on any atom is -0.396 e. The topological polar surface area (TPSA) is 101 Å². The highest BCUT2D eigenvalue weighted by atomic mass is 32.2. The number of rotatable bonds is 5. The summed E-state index contributed by atoms with van der Waals surface area (Å²) < 4.78 is 28.0. The van der Waals surface area contributed by atoms with Gasteiger partial charge in [-0.1, -0.05) is 18.2 Å². The average molecular weight is 437 g/mol. The van der Waals surface area contributed by atoms with Crippen molar-refractivity contribution in [3.63, 3.8) is 0 Å². The first-order valence-electron chi connectivity index (χ1n) is 10.5. The minimum absolute atomic E-state index is 0.221. The van der Waals surface area contributed by atoms with Gasteiger partial charge in [-0.15, -0.1) is 0 Å². The number of hydrogen-bond acceptors (Lipinski definition) is 5. The average Bonchev–Trinajstić information content (AvgIpc) is 3.47. The van der Waals surface area contributed by atoms with E-state index in [0.717, 1.165) is 47.8 Å². The first-order chi connectivity index (χ1) is 15.1. The van der Waals surface area contributed by atoms with E-state index in [1.54, 1.807) is 48.9 Å². The highest BCUT2D eigenvalue weighted by molar-refractivity contribution is 7.90. The van der Waals surface area contributed by atoms with E-state index in [2.05, 4.69) is 21.2 Å². The molecule has 8 heteroatoms. The molecule has 1 aliphatic carbocycles. The number of benzene rings is 1. The van der Waals surface area contributed by atoms with Crippen LogP contribution in [0.25, 0.3) is 22.2 Å². The maximum atomic E-state index is 13.4. The Bertz CT molecular complexity index is 1290. The number of hydrogen-bond donors (Lipinski definition) is 2. The molecule has 7 nitrogen and oxygen atoms in total. The van der Waals surface area contributed by atoms with Crippen molar-refractivity contribution in [3.8, 4) is 11.1 Å². The van der Waals surface area contributed by atoms with Crippen molar-refractivity contribution < 1.29 is 13.5 Å². The Kier molecular flexibility index (Phi) is 5.11. The lowest BCUT2D eigenvalue weighted by molar-refractivity contribution is 0.182. The van der Waals surface area contributed by atoms with Crippen LogP contribution in [-0.4, -0.2) is 39.3 Å². The van der Waals surface area contributed by atoms with Crippen LogP contribution in [0.4, 0.5) is 0 Å². The summed E-state index contributed by atoms with van der Waals surface area (Å²) in [4.78, 5) is 4.84. The van der Waals surface area contributed by atoms with Crippen LogP contribution in [0.5, 0.6) is 0 Å². The number of nitrogens with one attached hydrogen (secondary N) is 1. The van der Waals surface area contributed by atoms with E-state index < -0.39 is 10.0 Å². The van der Waals surface area contributed by atoms with Gasteiger partial charge in [-0.25, -0.2) is 17.4 Å². The van der Waals surface area contributed by atoms with E-state index in [9.17, 15) is 13.5 Å².